The molecule has 104 valence electrons. The summed E-state index contributed by atoms with van der Waals surface area (Å²) in [5.74, 6) is 0.976. The fourth-order valence-corrected chi connectivity index (χ4v) is 3.92. The van der Waals surface area contributed by atoms with Gasteiger partial charge in [-0.25, -0.2) is 0 Å². The minimum atomic E-state index is 0.273. The highest BCUT2D eigenvalue weighted by Gasteiger charge is 2.41. The molecule has 1 saturated carbocycles. The van der Waals surface area contributed by atoms with Gasteiger partial charge in [-0.15, -0.1) is 0 Å². The molecule has 2 saturated heterocycles. The Hall–Kier alpha value is -0.120. The molecule has 2 atom stereocenters. The lowest BCUT2D eigenvalue weighted by molar-refractivity contribution is 0.112. The number of hydrogen-bond donors (Lipinski definition) is 1. The molecular formula is C15H29N3. The van der Waals surface area contributed by atoms with Gasteiger partial charge in [0, 0.05) is 31.2 Å². The molecular weight excluding hydrogens is 222 g/mol. The lowest BCUT2D eigenvalue weighted by Gasteiger charge is -2.39. The first-order chi connectivity index (χ1) is 8.71. The number of hydrogen-bond acceptors (Lipinski definition) is 3. The average Bonchev–Trinajstić information content (AvgIpc) is 2.91. The smallest absolute Gasteiger partial charge is 0.0306 e. The van der Waals surface area contributed by atoms with Crippen LogP contribution in [0.2, 0.25) is 0 Å². The van der Waals surface area contributed by atoms with Crippen LogP contribution in [-0.4, -0.2) is 54.1 Å². The van der Waals surface area contributed by atoms with E-state index in [1.807, 2.05) is 0 Å². The van der Waals surface area contributed by atoms with Crippen molar-refractivity contribution in [2.24, 2.45) is 11.7 Å². The van der Waals surface area contributed by atoms with Crippen LogP contribution in [0.4, 0.5) is 0 Å². The predicted molar refractivity (Wildman–Crippen MR) is 75.6 cm³/mol. The number of nitrogens with zero attached hydrogens (tertiary/aromatic N) is 2. The Kier molecular flexibility index (Phi) is 3.65. The van der Waals surface area contributed by atoms with E-state index in [0.717, 1.165) is 18.5 Å². The van der Waals surface area contributed by atoms with Crippen molar-refractivity contribution >= 4 is 0 Å². The van der Waals surface area contributed by atoms with Gasteiger partial charge in [0.1, 0.15) is 0 Å². The van der Waals surface area contributed by atoms with E-state index in [4.69, 9.17) is 5.73 Å². The minimum absolute atomic E-state index is 0.273. The normalized spacial score (nSPS) is 34.0. The second-order valence-corrected chi connectivity index (χ2v) is 6.98. The fraction of sp³-hybridized carbons (Fsp3) is 1.00. The molecule has 2 heterocycles. The van der Waals surface area contributed by atoms with Crippen LogP contribution >= 0.6 is 0 Å². The monoisotopic (exact) mass is 251 g/mol. The maximum Gasteiger partial charge on any atom is 0.0306 e. The molecule has 18 heavy (non-hydrogen) atoms. The molecule has 3 rings (SSSR count). The van der Waals surface area contributed by atoms with E-state index in [1.165, 1.54) is 64.7 Å². The van der Waals surface area contributed by atoms with Crippen molar-refractivity contribution in [3.63, 3.8) is 0 Å². The third-order valence-electron chi connectivity index (χ3n) is 5.45. The number of rotatable bonds is 5. The van der Waals surface area contributed by atoms with Gasteiger partial charge in [0.25, 0.3) is 0 Å². The number of nitrogens with two attached hydrogens (primary N) is 1. The van der Waals surface area contributed by atoms with Gasteiger partial charge < -0.3 is 5.73 Å². The Labute approximate surface area is 112 Å². The van der Waals surface area contributed by atoms with Crippen molar-refractivity contribution < 1.29 is 0 Å². The molecule has 2 N–H and O–H groups in total. The van der Waals surface area contributed by atoms with Crippen LogP contribution in [0.25, 0.3) is 0 Å². The van der Waals surface area contributed by atoms with Crippen molar-refractivity contribution in [2.75, 3.05) is 32.7 Å². The van der Waals surface area contributed by atoms with Crippen LogP contribution in [-0.2, 0) is 0 Å². The van der Waals surface area contributed by atoms with Gasteiger partial charge in [-0.1, -0.05) is 12.8 Å². The van der Waals surface area contributed by atoms with Crippen molar-refractivity contribution in [1.82, 2.24) is 9.80 Å². The summed E-state index contributed by atoms with van der Waals surface area (Å²) >= 11 is 0. The lowest BCUT2D eigenvalue weighted by atomic mass is 9.93. The van der Waals surface area contributed by atoms with Gasteiger partial charge in [0.2, 0.25) is 0 Å². The Morgan fingerprint density at radius 1 is 1.11 bits per heavy atom. The predicted octanol–water partition coefficient (Wildman–Crippen LogP) is 1.67. The maximum absolute atomic E-state index is 6.11. The molecule has 0 spiro atoms. The Morgan fingerprint density at radius 3 is 2.44 bits per heavy atom. The third-order valence-corrected chi connectivity index (χ3v) is 5.45. The standard InChI is InChI=1S/C15H29N3/c1-15(12-16,10-13-4-5-13)18-9-6-14(11-18)17-7-2-3-8-17/h13-14H,2-12,16H2,1H3. The second kappa shape index (κ2) is 5.10. The molecule has 2 unspecified atom stereocenters. The van der Waals surface area contributed by atoms with E-state index < -0.39 is 0 Å². The van der Waals surface area contributed by atoms with Crippen molar-refractivity contribution in [1.29, 1.82) is 0 Å². The Balaban J connectivity index is 1.58. The molecule has 1 aliphatic carbocycles. The molecule has 0 aromatic rings. The summed E-state index contributed by atoms with van der Waals surface area (Å²) in [6.07, 6.45) is 8.40. The van der Waals surface area contributed by atoms with Crippen LogP contribution in [0, 0.1) is 5.92 Å². The molecule has 0 radical (unpaired) electrons. The van der Waals surface area contributed by atoms with E-state index in [1.54, 1.807) is 0 Å². The lowest BCUT2D eigenvalue weighted by Crippen LogP contribution is -2.52. The molecule has 3 heteroatoms. The first-order valence-corrected chi connectivity index (χ1v) is 7.90. The quantitative estimate of drug-likeness (QED) is 0.807. The van der Waals surface area contributed by atoms with Gasteiger partial charge >= 0.3 is 0 Å². The van der Waals surface area contributed by atoms with Gasteiger partial charge in [-0.3, -0.25) is 9.80 Å². The van der Waals surface area contributed by atoms with Crippen LogP contribution in [0.3, 0.4) is 0 Å². The molecule has 3 nitrogen and oxygen atoms in total. The van der Waals surface area contributed by atoms with Gasteiger partial charge in [-0.05, 0) is 51.6 Å². The van der Waals surface area contributed by atoms with E-state index >= 15 is 0 Å². The third kappa shape index (κ3) is 2.59. The zero-order valence-corrected chi connectivity index (χ0v) is 11.9. The van der Waals surface area contributed by atoms with Crippen LogP contribution < -0.4 is 5.73 Å². The first-order valence-electron chi connectivity index (χ1n) is 7.90. The average molecular weight is 251 g/mol. The first kappa shape index (κ1) is 12.9. The summed E-state index contributed by atoms with van der Waals surface area (Å²) in [6.45, 7) is 8.43. The zero-order valence-electron chi connectivity index (χ0n) is 11.9. The second-order valence-electron chi connectivity index (χ2n) is 6.98. The van der Waals surface area contributed by atoms with Crippen LogP contribution in [0.15, 0.2) is 0 Å². The molecule has 0 aromatic carbocycles. The topological polar surface area (TPSA) is 32.5 Å². The summed E-state index contributed by atoms with van der Waals surface area (Å²) in [7, 11) is 0. The molecule has 2 aliphatic heterocycles. The summed E-state index contributed by atoms with van der Waals surface area (Å²) in [6, 6.07) is 0.817. The van der Waals surface area contributed by atoms with Gasteiger partial charge in [0.05, 0.1) is 0 Å². The van der Waals surface area contributed by atoms with Gasteiger partial charge in [-0.2, -0.15) is 0 Å². The molecule has 0 bridgehead atoms. The van der Waals surface area contributed by atoms with Crippen LogP contribution in [0.1, 0.15) is 45.4 Å². The minimum Gasteiger partial charge on any atom is -0.329 e. The fourth-order valence-electron chi connectivity index (χ4n) is 3.92. The highest BCUT2D eigenvalue weighted by molar-refractivity contribution is 4.98. The van der Waals surface area contributed by atoms with Crippen LogP contribution in [0.5, 0.6) is 0 Å². The van der Waals surface area contributed by atoms with E-state index in [2.05, 4.69) is 16.7 Å². The SMILES string of the molecule is CC(CN)(CC1CC1)N1CCC(N2CCCC2)C1. The van der Waals surface area contributed by atoms with Crippen molar-refractivity contribution in [2.45, 2.75) is 57.0 Å². The summed E-state index contributed by atoms with van der Waals surface area (Å²) < 4.78 is 0. The van der Waals surface area contributed by atoms with E-state index in [-0.39, 0.29) is 5.54 Å². The number of likely N-dealkylation sites (tertiary alicyclic amines) is 2. The Bertz CT molecular complexity index is 283. The zero-order chi connectivity index (χ0) is 12.6. The molecule has 0 amide bonds. The van der Waals surface area contributed by atoms with Gasteiger partial charge in [0.15, 0.2) is 0 Å². The molecule has 0 aromatic heterocycles. The summed E-state index contributed by atoms with van der Waals surface area (Å²) in [5.41, 5.74) is 6.38. The largest absolute Gasteiger partial charge is 0.329 e. The Morgan fingerprint density at radius 2 is 1.83 bits per heavy atom. The summed E-state index contributed by atoms with van der Waals surface area (Å²) in [5, 5.41) is 0. The van der Waals surface area contributed by atoms with E-state index in [9.17, 15) is 0 Å². The highest BCUT2D eigenvalue weighted by Crippen LogP contribution is 2.39. The van der Waals surface area contributed by atoms with Crippen molar-refractivity contribution in [3.05, 3.63) is 0 Å². The highest BCUT2D eigenvalue weighted by atomic mass is 15.3. The van der Waals surface area contributed by atoms with E-state index in [0.29, 0.717) is 0 Å². The molecule has 3 aliphatic rings. The van der Waals surface area contributed by atoms with Crippen molar-refractivity contribution in [3.8, 4) is 0 Å². The molecule has 3 fully saturated rings. The maximum atomic E-state index is 6.11. The summed E-state index contributed by atoms with van der Waals surface area (Å²) in [4.78, 5) is 5.42.